The van der Waals surface area contributed by atoms with Crippen LogP contribution in [0.4, 0.5) is 10.1 Å². The second-order valence-corrected chi connectivity index (χ2v) is 3.18. The van der Waals surface area contributed by atoms with Gasteiger partial charge in [0.25, 0.3) is 5.69 Å². The lowest BCUT2D eigenvalue weighted by molar-refractivity contribution is -0.385. The molecule has 0 radical (unpaired) electrons. The molecule has 0 aliphatic heterocycles. The lowest BCUT2D eigenvalue weighted by atomic mass is 10.1. The third-order valence-electron chi connectivity index (χ3n) is 2.02. The zero-order valence-electron chi connectivity index (χ0n) is 8.61. The lowest BCUT2D eigenvalue weighted by Gasteiger charge is -2.00. The molecular formula is C11H9FN2O2. The highest BCUT2D eigenvalue weighted by Crippen LogP contribution is 2.23. The van der Waals surface area contributed by atoms with Gasteiger partial charge in [0.15, 0.2) is 0 Å². The molecular weight excluding hydrogens is 211 g/mol. The van der Waals surface area contributed by atoms with E-state index in [1.54, 1.807) is 0 Å². The van der Waals surface area contributed by atoms with Crippen molar-refractivity contribution in [2.24, 2.45) is 0 Å². The molecule has 0 saturated carbocycles. The molecule has 0 aromatic heterocycles. The minimum absolute atomic E-state index is 0.118. The molecule has 0 atom stereocenters. The second-order valence-electron chi connectivity index (χ2n) is 3.18. The summed E-state index contributed by atoms with van der Waals surface area (Å²) in [6.45, 7) is 1.48. The van der Waals surface area contributed by atoms with Crippen LogP contribution in [0.1, 0.15) is 17.5 Å². The molecule has 82 valence electrons. The van der Waals surface area contributed by atoms with E-state index in [1.165, 1.54) is 25.1 Å². The van der Waals surface area contributed by atoms with Crippen LogP contribution in [0.25, 0.3) is 6.08 Å². The molecule has 1 aromatic rings. The Morgan fingerprint density at radius 2 is 2.31 bits per heavy atom. The Kier molecular flexibility index (Phi) is 3.72. The van der Waals surface area contributed by atoms with E-state index in [0.29, 0.717) is 0 Å². The summed E-state index contributed by atoms with van der Waals surface area (Å²) in [4.78, 5) is 10.1. The van der Waals surface area contributed by atoms with Crippen LogP contribution < -0.4 is 0 Å². The van der Waals surface area contributed by atoms with Gasteiger partial charge >= 0.3 is 0 Å². The summed E-state index contributed by atoms with van der Waals surface area (Å²) >= 11 is 0. The first-order chi connectivity index (χ1) is 7.56. The van der Waals surface area contributed by atoms with E-state index in [4.69, 9.17) is 5.26 Å². The molecule has 0 fully saturated rings. The van der Waals surface area contributed by atoms with Crippen LogP contribution >= 0.6 is 0 Å². The highest BCUT2D eigenvalue weighted by molar-refractivity contribution is 5.57. The first kappa shape index (κ1) is 11.9. The summed E-state index contributed by atoms with van der Waals surface area (Å²) in [6, 6.07) is 4.14. The number of nitriles is 1. The highest BCUT2D eigenvalue weighted by atomic mass is 19.1. The van der Waals surface area contributed by atoms with Crippen LogP contribution in [-0.2, 0) is 0 Å². The summed E-state index contributed by atoms with van der Waals surface area (Å²) in [7, 11) is 0. The summed E-state index contributed by atoms with van der Waals surface area (Å²) in [5.41, 5.74) is 0.269. The van der Waals surface area contributed by atoms with Gasteiger partial charge < -0.3 is 0 Å². The van der Waals surface area contributed by atoms with Crippen molar-refractivity contribution >= 4 is 11.8 Å². The molecule has 0 unspecified atom stereocenters. The van der Waals surface area contributed by atoms with Crippen LogP contribution in [0.5, 0.6) is 0 Å². The molecule has 0 amide bonds. The fraction of sp³-hybridized carbons (Fsp3) is 0.182. The Balaban J connectivity index is 3.16. The van der Waals surface area contributed by atoms with Crippen LogP contribution in [0.3, 0.4) is 0 Å². The molecule has 0 spiro atoms. The van der Waals surface area contributed by atoms with Gasteiger partial charge in [-0.3, -0.25) is 10.1 Å². The van der Waals surface area contributed by atoms with E-state index < -0.39 is 10.7 Å². The minimum atomic E-state index is -0.559. The fourth-order valence-corrected chi connectivity index (χ4v) is 1.24. The van der Waals surface area contributed by atoms with Crippen LogP contribution in [-0.4, -0.2) is 4.92 Å². The number of aryl methyl sites for hydroxylation is 1. The van der Waals surface area contributed by atoms with Crippen molar-refractivity contribution in [3.8, 4) is 6.07 Å². The molecule has 1 aromatic carbocycles. The van der Waals surface area contributed by atoms with Crippen molar-refractivity contribution < 1.29 is 9.31 Å². The van der Waals surface area contributed by atoms with Gasteiger partial charge in [0, 0.05) is 17.2 Å². The standard InChI is InChI=1S/C11H9FN2O2/c1-8-6-10(12)9(4-2-3-5-13)7-11(8)14(15)16/h2,4,6-7H,3H2,1H3. The summed E-state index contributed by atoms with van der Waals surface area (Å²) in [5.74, 6) is -0.530. The van der Waals surface area contributed by atoms with E-state index in [1.807, 2.05) is 6.07 Å². The molecule has 0 bridgehead atoms. The number of nitro benzene ring substituents is 1. The number of nitro groups is 1. The van der Waals surface area contributed by atoms with Crippen molar-refractivity contribution in [1.82, 2.24) is 0 Å². The molecule has 0 aliphatic rings. The Bertz CT molecular complexity index is 489. The van der Waals surface area contributed by atoms with Gasteiger partial charge in [-0.1, -0.05) is 12.2 Å². The van der Waals surface area contributed by atoms with Crippen molar-refractivity contribution in [3.05, 3.63) is 45.3 Å². The molecule has 0 N–H and O–H groups in total. The molecule has 4 nitrogen and oxygen atoms in total. The van der Waals surface area contributed by atoms with Gasteiger partial charge in [-0.15, -0.1) is 0 Å². The van der Waals surface area contributed by atoms with Crippen molar-refractivity contribution in [2.45, 2.75) is 13.3 Å². The molecule has 16 heavy (non-hydrogen) atoms. The fourth-order valence-electron chi connectivity index (χ4n) is 1.24. The van der Waals surface area contributed by atoms with Gasteiger partial charge in [0.1, 0.15) is 5.82 Å². The predicted molar refractivity (Wildman–Crippen MR) is 57.1 cm³/mol. The third-order valence-corrected chi connectivity index (χ3v) is 2.02. The Hall–Kier alpha value is -2.22. The zero-order chi connectivity index (χ0) is 12.1. The normalized spacial score (nSPS) is 10.3. The van der Waals surface area contributed by atoms with Crippen LogP contribution in [0.2, 0.25) is 0 Å². The summed E-state index contributed by atoms with van der Waals surface area (Å²) in [5, 5.41) is 18.9. The Morgan fingerprint density at radius 1 is 1.62 bits per heavy atom. The van der Waals surface area contributed by atoms with Gasteiger partial charge in [0.05, 0.1) is 17.4 Å². The molecule has 5 heteroatoms. The van der Waals surface area contributed by atoms with E-state index in [0.717, 1.165) is 6.07 Å². The van der Waals surface area contributed by atoms with E-state index in [-0.39, 0.29) is 23.2 Å². The zero-order valence-corrected chi connectivity index (χ0v) is 8.61. The number of benzene rings is 1. The predicted octanol–water partition coefficient (Wildman–Crippen LogP) is 2.97. The number of hydrogen-bond donors (Lipinski definition) is 0. The number of halogens is 1. The van der Waals surface area contributed by atoms with Crippen molar-refractivity contribution in [2.75, 3.05) is 0 Å². The number of allylic oxidation sites excluding steroid dienone is 1. The monoisotopic (exact) mass is 220 g/mol. The first-order valence-corrected chi connectivity index (χ1v) is 4.54. The first-order valence-electron chi connectivity index (χ1n) is 4.54. The average Bonchev–Trinajstić information content (AvgIpc) is 2.21. The van der Waals surface area contributed by atoms with Crippen molar-refractivity contribution in [3.63, 3.8) is 0 Å². The average molecular weight is 220 g/mol. The quantitative estimate of drug-likeness (QED) is 0.580. The Morgan fingerprint density at radius 3 is 2.88 bits per heavy atom. The van der Waals surface area contributed by atoms with E-state index in [9.17, 15) is 14.5 Å². The molecule has 0 heterocycles. The molecule has 0 saturated heterocycles. The minimum Gasteiger partial charge on any atom is -0.258 e. The maximum atomic E-state index is 13.4. The van der Waals surface area contributed by atoms with E-state index in [2.05, 4.69) is 0 Å². The summed E-state index contributed by atoms with van der Waals surface area (Å²) in [6.07, 6.45) is 2.96. The van der Waals surface area contributed by atoms with Gasteiger partial charge in [-0.25, -0.2) is 4.39 Å². The maximum absolute atomic E-state index is 13.4. The van der Waals surface area contributed by atoms with Gasteiger partial charge in [0.2, 0.25) is 0 Å². The topological polar surface area (TPSA) is 66.9 Å². The van der Waals surface area contributed by atoms with E-state index >= 15 is 0 Å². The van der Waals surface area contributed by atoms with Gasteiger partial charge in [-0.05, 0) is 13.0 Å². The SMILES string of the molecule is Cc1cc(F)c(C=CCC#N)cc1[N+](=O)[O-]. The maximum Gasteiger partial charge on any atom is 0.273 e. The number of hydrogen-bond acceptors (Lipinski definition) is 3. The van der Waals surface area contributed by atoms with Crippen LogP contribution in [0, 0.1) is 34.2 Å². The molecule has 0 aliphatic carbocycles. The number of nitrogens with zero attached hydrogens (tertiary/aromatic N) is 2. The molecule has 1 rings (SSSR count). The highest BCUT2D eigenvalue weighted by Gasteiger charge is 2.13. The smallest absolute Gasteiger partial charge is 0.258 e. The largest absolute Gasteiger partial charge is 0.273 e. The Labute approximate surface area is 91.8 Å². The van der Waals surface area contributed by atoms with Gasteiger partial charge in [-0.2, -0.15) is 5.26 Å². The van der Waals surface area contributed by atoms with Crippen LogP contribution in [0.15, 0.2) is 18.2 Å². The lowest BCUT2D eigenvalue weighted by Crippen LogP contribution is -1.94. The third kappa shape index (κ3) is 2.64. The summed E-state index contributed by atoms with van der Waals surface area (Å²) < 4.78 is 13.4. The number of rotatable bonds is 3. The second kappa shape index (κ2) is 5.03. The van der Waals surface area contributed by atoms with Crippen molar-refractivity contribution in [1.29, 1.82) is 5.26 Å².